The number of pyridine rings is 1. The molecule has 0 saturated carbocycles. The number of phenolic OH excluding ortho intramolecular Hbond substituents is 1. The van der Waals surface area contributed by atoms with E-state index in [9.17, 15) is 20.0 Å². The van der Waals surface area contributed by atoms with Crippen LogP contribution in [-0.4, -0.2) is 20.9 Å². The number of nitrogens with one attached hydrogen (secondary N) is 1. The van der Waals surface area contributed by atoms with E-state index in [1.54, 1.807) is 12.1 Å². The van der Waals surface area contributed by atoms with Crippen molar-refractivity contribution in [3.8, 4) is 5.75 Å². The number of hydrogen-bond donors (Lipinski definition) is 2. The summed E-state index contributed by atoms with van der Waals surface area (Å²) >= 11 is 0. The van der Waals surface area contributed by atoms with Crippen molar-refractivity contribution >= 4 is 17.4 Å². The minimum absolute atomic E-state index is 0.178. The van der Waals surface area contributed by atoms with Crippen molar-refractivity contribution in [3.05, 3.63) is 57.8 Å². The van der Waals surface area contributed by atoms with Gasteiger partial charge in [-0.3, -0.25) is 14.9 Å². The molecule has 1 heterocycles. The lowest BCUT2D eigenvalue weighted by molar-refractivity contribution is -0.385. The van der Waals surface area contributed by atoms with E-state index in [1.807, 2.05) is 6.92 Å². The van der Waals surface area contributed by atoms with Gasteiger partial charge in [-0.1, -0.05) is 6.07 Å². The van der Waals surface area contributed by atoms with Crippen molar-refractivity contribution in [3.63, 3.8) is 0 Å². The van der Waals surface area contributed by atoms with Crippen LogP contribution in [0.25, 0.3) is 0 Å². The molecule has 0 aliphatic carbocycles. The molecule has 0 atom stereocenters. The number of anilines is 1. The average Bonchev–Trinajstić information content (AvgIpc) is 2.38. The minimum Gasteiger partial charge on any atom is -0.502 e. The summed E-state index contributed by atoms with van der Waals surface area (Å²) < 4.78 is 0. The molecule has 0 unspecified atom stereocenters. The summed E-state index contributed by atoms with van der Waals surface area (Å²) in [6.07, 6.45) is 1.53. The maximum atomic E-state index is 12.0. The number of carbonyl (C=O) groups is 1. The van der Waals surface area contributed by atoms with Gasteiger partial charge in [-0.05, 0) is 30.7 Å². The largest absolute Gasteiger partial charge is 0.502 e. The van der Waals surface area contributed by atoms with Crippen LogP contribution in [0.15, 0.2) is 36.5 Å². The number of aromatic hydroxyl groups is 1. The summed E-state index contributed by atoms with van der Waals surface area (Å²) in [7, 11) is 0. The van der Waals surface area contributed by atoms with Gasteiger partial charge in [0.05, 0.1) is 10.5 Å². The molecular weight excluding hydrogens is 262 g/mol. The number of nitrogens with zero attached hydrogens (tertiary/aromatic N) is 2. The maximum Gasteiger partial charge on any atom is 0.311 e. The summed E-state index contributed by atoms with van der Waals surface area (Å²) in [5, 5.41) is 22.9. The minimum atomic E-state index is -0.753. The fourth-order valence-corrected chi connectivity index (χ4v) is 1.65. The summed E-state index contributed by atoms with van der Waals surface area (Å²) in [6.45, 7) is 1.84. The van der Waals surface area contributed by atoms with Crippen molar-refractivity contribution in [1.82, 2.24) is 4.98 Å². The lowest BCUT2D eigenvalue weighted by Gasteiger charge is -2.06. The lowest BCUT2D eigenvalue weighted by atomic mass is 10.1. The van der Waals surface area contributed by atoms with Gasteiger partial charge < -0.3 is 10.4 Å². The van der Waals surface area contributed by atoms with Gasteiger partial charge in [0.1, 0.15) is 5.82 Å². The van der Waals surface area contributed by atoms with Crippen molar-refractivity contribution < 1.29 is 14.8 Å². The number of rotatable bonds is 3. The van der Waals surface area contributed by atoms with Gasteiger partial charge >= 0.3 is 5.69 Å². The second-order valence-electron chi connectivity index (χ2n) is 4.10. The van der Waals surface area contributed by atoms with E-state index < -0.39 is 22.3 Å². The smallest absolute Gasteiger partial charge is 0.311 e. The number of phenols is 1. The molecule has 1 aromatic carbocycles. The van der Waals surface area contributed by atoms with Crippen molar-refractivity contribution in [2.45, 2.75) is 6.92 Å². The molecule has 2 rings (SSSR count). The van der Waals surface area contributed by atoms with Crippen LogP contribution in [0.3, 0.4) is 0 Å². The third kappa shape index (κ3) is 2.72. The molecule has 0 radical (unpaired) electrons. The number of nitro groups is 1. The molecule has 2 N–H and O–H groups in total. The Kier molecular flexibility index (Phi) is 3.60. The zero-order valence-electron chi connectivity index (χ0n) is 10.5. The molecule has 0 aliphatic heterocycles. The number of aromatic nitrogens is 1. The van der Waals surface area contributed by atoms with Crippen molar-refractivity contribution in [1.29, 1.82) is 0 Å². The molecule has 0 aliphatic rings. The molecule has 1 amide bonds. The second-order valence-corrected chi connectivity index (χ2v) is 4.10. The Labute approximate surface area is 114 Å². The van der Waals surface area contributed by atoms with Gasteiger partial charge in [-0.25, -0.2) is 4.98 Å². The Balaban J connectivity index is 2.30. The highest BCUT2D eigenvalue weighted by Gasteiger charge is 2.21. The molecule has 0 bridgehead atoms. The summed E-state index contributed by atoms with van der Waals surface area (Å²) in [4.78, 5) is 25.9. The number of carbonyl (C=O) groups excluding carboxylic acids is 1. The van der Waals surface area contributed by atoms with Crippen molar-refractivity contribution in [2.75, 3.05) is 5.32 Å². The highest BCUT2D eigenvalue weighted by atomic mass is 16.6. The fraction of sp³-hybridized carbons (Fsp3) is 0.0769. The first-order valence-corrected chi connectivity index (χ1v) is 5.69. The van der Waals surface area contributed by atoms with Gasteiger partial charge in [-0.15, -0.1) is 0 Å². The van der Waals surface area contributed by atoms with E-state index in [1.165, 1.54) is 18.3 Å². The van der Waals surface area contributed by atoms with Crippen LogP contribution in [-0.2, 0) is 0 Å². The summed E-state index contributed by atoms with van der Waals surface area (Å²) in [6, 6.07) is 7.16. The molecule has 0 fully saturated rings. The van der Waals surface area contributed by atoms with E-state index in [2.05, 4.69) is 10.3 Å². The number of aryl methyl sites for hydroxylation is 1. The molecule has 7 heteroatoms. The van der Waals surface area contributed by atoms with E-state index >= 15 is 0 Å². The van der Waals surface area contributed by atoms with E-state index in [0.29, 0.717) is 5.82 Å². The monoisotopic (exact) mass is 273 g/mol. The first-order valence-electron chi connectivity index (χ1n) is 5.69. The molecule has 1 aromatic heterocycles. The third-order valence-corrected chi connectivity index (χ3v) is 2.61. The zero-order valence-corrected chi connectivity index (χ0v) is 10.5. The van der Waals surface area contributed by atoms with Crippen LogP contribution in [0.5, 0.6) is 5.75 Å². The van der Waals surface area contributed by atoms with E-state index in [4.69, 9.17) is 0 Å². The molecule has 0 spiro atoms. The summed E-state index contributed by atoms with van der Waals surface area (Å²) in [5.74, 6) is -1.02. The number of para-hydroxylation sites is 1. The number of hydrogen-bond acceptors (Lipinski definition) is 5. The third-order valence-electron chi connectivity index (χ3n) is 2.61. The standard InChI is InChI=1S/C13H11N3O4/c1-8-5-6-14-11(7-8)15-13(18)9-3-2-4-10(12(9)17)16(19)20/h2-7,17H,1H3,(H,14,15,18). The van der Waals surface area contributed by atoms with Gasteiger partial charge in [-0.2, -0.15) is 0 Å². The molecule has 102 valence electrons. The summed E-state index contributed by atoms with van der Waals surface area (Å²) in [5.41, 5.74) is 0.205. The average molecular weight is 273 g/mol. The zero-order chi connectivity index (χ0) is 14.7. The van der Waals surface area contributed by atoms with Crippen LogP contribution in [0.2, 0.25) is 0 Å². The SMILES string of the molecule is Cc1ccnc(NC(=O)c2cccc([N+](=O)[O-])c2O)c1. The highest BCUT2D eigenvalue weighted by Crippen LogP contribution is 2.29. The molecule has 20 heavy (non-hydrogen) atoms. The van der Waals surface area contributed by atoms with Crippen LogP contribution in [0.1, 0.15) is 15.9 Å². The first-order chi connectivity index (χ1) is 9.49. The van der Waals surface area contributed by atoms with Gasteiger partial charge in [0, 0.05) is 12.3 Å². The number of amides is 1. The highest BCUT2D eigenvalue weighted by molar-refractivity contribution is 6.06. The van der Waals surface area contributed by atoms with Crippen LogP contribution < -0.4 is 5.32 Å². The number of nitro benzene ring substituents is 1. The quantitative estimate of drug-likeness (QED) is 0.659. The Morgan fingerprint density at radius 2 is 2.15 bits per heavy atom. The first kappa shape index (κ1) is 13.5. The fourth-order valence-electron chi connectivity index (χ4n) is 1.65. The lowest BCUT2D eigenvalue weighted by Crippen LogP contribution is -2.13. The Bertz CT molecular complexity index is 685. The van der Waals surface area contributed by atoms with Gasteiger partial charge in [0.2, 0.25) is 5.75 Å². The molecule has 2 aromatic rings. The Morgan fingerprint density at radius 1 is 1.40 bits per heavy atom. The normalized spacial score (nSPS) is 10.1. The predicted octanol–water partition coefficient (Wildman–Crippen LogP) is 2.26. The number of benzene rings is 1. The topological polar surface area (TPSA) is 105 Å². The Hall–Kier alpha value is -2.96. The van der Waals surface area contributed by atoms with E-state index in [-0.39, 0.29) is 5.56 Å². The maximum absolute atomic E-state index is 12.0. The molecule has 0 saturated heterocycles. The van der Waals surface area contributed by atoms with Gasteiger partial charge in [0.15, 0.2) is 0 Å². The second kappa shape index (κ2) is 5.35. The van der Waals surface area contributed by atoms with Crippen LogP contribution in [0, 0.1) is 17.0 Å². The van der Waals surface area contributed by atoms with Crippen LogP contribution in [0.4, 0.5) is 11.5 Å². The van der Waals surface area contributed by atoms with Crippen molar-refractivity contribution in [2.24, 2.45) is 0 Å². The predicted molar refractivity (Wildman–Crippen MR) is 71.7 cm³/mol. The molecule has 7 nitrogen and oxygen atoms in total. The van der Waals surface area contributed by atoms with E-state index in [0.717, 1.165) is 11.6 Å². The van der Waals surface area contributed by atoms with Crippen LogP contribution >= 0.6 is 0 Å². The Morgan fingerprint density at radius 3 is 2.80 bits per heavy atom. The van der Waals surface area contributed by atoms with Gasteiger partial charge in [0.25, 0.3) is 5.91 Å². The molecular formula is C13H11N3O4.